The van der Waals surface area contributed by atoms with Crippen molar-refractivity contribution in [2.75, 3.05) is 13.1 Å². The standard InChI is InChI=1S/C17H13F6N3O2/c18-16(19,20)11-5-10(6-12(7-11)17(21,22)23)15(27)26-4-1-13(9-26)28-14-8-24-2-3-25-14/h2-3,5-8,13H,1,4,9H2. The smallest absolute Gasteiger partial charge is 0.416 e. The van der Waals surface area contributed by atoms with Gasteiger partial charge in [-0.3, -0.25) is 9.78 Å². The minimum atomic E-state index is -5.01. The average molecular weight is 405 g/mol. The van der Waals surface area contributed by atoms with Crippen molar-refractivity contribution in [1.82, 2.24) is 14.9 Å². The van der Waals surface area contributed by atoms with E-state index in [0.717, 1.165) is 4.90 Å². The van der Waals surface area contributed by atoms with Crippen molar-refractivity contribution < 1.29 is 35.9 Å². The molecule has 150 valence electrons. The molecular formula is C17H13F6N3O2. The molecule has 1 atom stereocenters. The van der Waals surface area contributed by atoms with Crippen LogP contribution >= 0.6 is 0 Å². The molecule has 28 heavy (non-hydrogen) atoms. The van der Waals surface area contributed by atoms with Crippen LogP contribution in [-0.4, -0.2) is 40.0 Å². The van der Waals surface area contributed by atoms with Gasteiger partial charge in [0.25, 0.3) is 5.91 Å². The second kappa shape index (κ2) is 7.28. The van der Waals surface area contributed by atoms with Gasteiger partial charge in [0, 0.05) is 30.9 Å². The van der Waals surface area contributed by atoms with Gasteiger partial charge in [-0.25, -0.2) is 4.98 Å². The van der Waals surface area contributed by atoms with Crippen LogP contribution in [0.4, 0.5) is 26.3 Å². The van der Waals surface area contributed by atoms with E-state index < -0.39 is 41.1 Å². The van der Waals surface area contributed by atoms with Crippen molar-refractivity contribution >= 4 is 5.91 Å². The molecule has 0 bridgehead atoms. The quantitative estimate of drug-likeness (QED) is 0.729. The Labute approximate surface area is 155 Å². The normalized spacial score (nSPS) is 17.6. The van der Waals surface area contributed by atoms with E-state index in [4.69, 9.17) is 4.74 Å². The van der Waals surface area contributed by atoms with Gasteiger partial charge in [0.15, 0.2) is 0 Å². The number of aromatic nitrogens is 2. The topological polar surface area (TPSA) is 55.3 Å². The minimum absolute atomic E-state index is 0.00695. The van der Waals surface area contributed by atoms with Crippen LogP contribution in [0.2, 0.25) is 0 Å². The lowest BCUT2D eigenvalue weighted by atomic mass is 10.0. The third-order valence-electron chi connectivity index (χ3n) is 4.09. The first-order valence-corrected chi connectivity index (χ1v) is 8.05. The molecule has 1 aliphatic rings. The lowest BCUT2D eigenvalue weighted by molar-refractivity contribution is -0.143. The molecule has 2 heterocycles. The van der Waals surface area contributed by atoms with Crippen molar-refractivity contribution in [3.63, 3.8) is 0 Å². The third-order valence-corrected chi connectivity index (χ3v) is 4.09. The minimum Gasteiger partial charge on any atom is -0.471 e. The van der Waals surface area contributed by atoms with Crippen molar-refractivity contribution in [1.29, 1.82) is 0 Å². The molecule has 0 saturated carbocycles. The molecule has 1 aromatic carbocycles. The highest BCUT2D eigenvalue weighted by molar-refractivity contribution is 5.95. The Balaban J connectivity index is 1.80. The maximum atomic E-state index is 13.0. The Morgan fingerprint density at radius 1 is 1.04 bits per heavy atom. The summed E-state index contributed by atoms with van der Waals surface area (Å²) < 4.78 is 83.3. The lowest BCUT2D eigenvalue weighted by Gasteiger charge is -2.19. The number of halogens is 6. The van der Waals surface area contributed by atoms with Gasteiger partial charge in [-0.2, -0.15) is 26.3 Å². The van der Waals surface area contributed by atoms with E-state index in [-0.39, 0.29) is 25.0 Å². The van der Waals surface area contributed by atoms with Crippen LogP contribution in [0.3, 0.4) is 0 Å². The number of carbonyl (C=O) groups excluding carboxylic acids is 1. The molecule has 1 amide bonds. The molecule has 0 N–H and O–H groups in total. The van der Waals surface area contributed by atoms with Crippen LogP contribution in [0.1, 0.15) is 27.9 Å². The van der Waals surface area contributed by atoms with Gasteiger partial charge >= 0.3 is 12.4 Å². The van der Waals surface area contributed by atoms with Gasteiger partial charge in [-0.1, -0.05) is 0 Å². The van der Waals surface area contributed by atoms with E-state index in [0.29, 0.717) is 18.6 Å². The Morgan fingerprint density at radius 3 is 2.21 bits per heavy atom. The molecule has 0 aliphatic carbocycles. The predicted molar refractivity (Wildman–Crippen MR) is 83.4 cm³/mol. The molecule has 2 aromatic rings. The largest absolute Gasteiger partial charge is 0.471 e. The maximum absolute atomic E-state index is 13.0. The molecule has 1 unspecified atom stereocenters. The van der Waals surface area contributed by atoms with Gasteiger partial charge in [0.05, 0.1) is 23.9 Å². The van der Waals surface area contributed by atoms with Crippen LogP contribution in [-0.2, 0) is 12.4 Å². The van der Waals surface area contributed by atoms with E-state index in [1.807, 2.05) is 0 Å². The third kappa shape index (κ3) is 4.52. The zero-order chi connectivity index (χ0) is 20.5. The Kier molecular flexibility index (Phi) is 5.18. The number of carbonyl (C=O) groups is 1. The highest BCUT2D eigenvalue weighted by Crippen LogP contribution is 2.36. The first kappa shape index (κ1) is 19.9. The second-order valence-corrected chi connectivity index (χ2v) is 6.12. The van der Waals surface area contributed by atoms with Gasteiger partial charge < -0.3 is 9.64 Å². The fraction of sp³-hybridized carbons (Fsp3) is 0.353. The van der Waals surface area contributed by atoms with Gasteiger partial charge in [-0.15, -0.1) is 0 Å². The van der Waals surface area contributed by atoms with Crippen LogP contribution in [0, 0.1) is 0 Å². The summed E-state index contributed by atoms with van der Waals surface area (Å²) in [5.74, 6) is -0.720. The molecular weight excluding hydrogens is 392 g/mol. The summed E-state index contributed by atoms with van der Waals surface area (Å²) in [6.07, 6.45) is -5.98. The first-order valence-electron chi connectivity index (χ1n) is 8.05. The van der Waals surface area contributed by atoms with E-state index in [9.17, 15) is 31.1 Å². The highest BCUT2D eigenvalue weighted by Gasteiger charge is 2.38. The van der Waals surface area contributed by atoms with Crippen molar-refractivity contribution in [2.45, 2.75) is 24.9 Å². The molecule has 3 rings (SSSR count). The van der Waals surface area contributed by atoms with Gasteiger partial charge in [0.1, 0.15) is 6.10 Å². The maximum Gasteiger partial charge on any atom is 0.416 e. The first-order chi connectivity index (χ1) is 13.0. The van der Waals surface area contributed by atoms with Crippen LogP contribution in [0.15, 0.2) is 36.8 Å². The molecule has 1 aromatic heterocycles. The summed E-state index contributed by atoms with van der Waals surface area (Å²) in [5, 5.41) is 0. The Morgan fingerprint density at radius 2 is 1.68 bits per heavy atom. The van der Waals surface area contributed by atoms with Gasteiger partial charge in [0.2, 0.25) is 5.88 Å². The fourth-order valence-corrected chi connectivity index (χ4v) is 2.79. The highest BCUT2D eigenvalue weighted by atomic mass is 19.4. The predicted octanol–water partition coefficient (Wildman–Crippen LogP) is 3.81. The molecule has 0 radical (unpaired) electrons. The van der Waals surface area contributed by atoms with E-state index >= 15 is 0 Å². The number of rotatable bonds is 3. The summed E-state index contributed by atoms with van der Waals surface area (Å²) in [6.45, 7) is 0.133. The molecule has 11 heteroatoms. The summed E-state index contributed by atoms with van der Waals surface area (Å²) in [4.78, 5) is 21.4. The number of nitrogens with zero attached hydrogens (tertiary/aromatic N) is 3. The Hall–Kier alpha value is -2.85. The summed E-state index contributed by atoms with van der Waals surface area (Å²) >= 11 is 0. The van der Waals surface area contributed by atoms with E-state index in [1.54, 1.807) is 0 Å². The average Bonchev–Trinajstić information content (AvgIpc) is 3.08. The number of likely N-dealkylation sites (tertiary alicyclic amines) is 1. The number of hydrogen-bond acceptors (Lipinski definition) is 4. The Bertz CT molecular complexity index is 822. The number of ether oxygens (including phenoxy) is 1. The second-order valence-electron chi connectivity index (χ2n) is 6.12. The zero-order valence-corrected chi connectivity index (χ0v) is 14.1. The monoisotopic (exact) mass is 405 g/mol. The van der Waals surface area contributed by atoms with Crippen LogP contribution in [0.5, 0.6) is 5.88 Å². The summed E-state index contributed by atoms with van der Waals surface area (Å²) in [5.41, 5.74) is -3.74. The van der Waals surface area contributed by atoms with E-state index in [1.165, 1.54) is 18.6 Å². The van der Waals surface area contributed by atoms with Gasteiger partial charge in [-0.05, 0) is 18.2 Å². The summed E-state index contributed by atoms with van der Waals surface area (Å²) in [6, 6.07) is 0.837. The van der Waals surface area contributed by atoms with Crippen LogP contribution in [0.25, 0.3) is 0 Å². The number of alkyl halides is 6. The number of benzene rings is 1. The number of hydrogen-bond donors (Lipinski definition) is 0. The molecule has 1 aliphatic heterocycles. The van der Waals surface area contributed by atoms with Crippen molar-refractivity contribution in [3.05, 3.63) is 53.5 Å². The zero-order valence-electron chi connectivity index (χ0n) is 14.1. The van der Waals surface area contributed by atoms with Crippen molar-refractivity contribution in [3.8, 4) is 5.88 Å². The van der Waals surface area contributed by atoms with E-state index in [2.05, 4.69) is 9.97 Å². The van der Waals surface area contributed by atoms with Crippen molar-refractivity contribution in [2.24, 2.45) is 0 Å². The summed E-state index contributed by atoms with van der Waals surface area (Å²) in [7, 11) is 0. The molecule has 5 nitrogen and oxygen atoms in total. The molecule has 1 saturated heterocycles. The van der Waals surface area contributed by atoms with Crippen LogP contribution < -0.4 is 4.74 Å². The number of amides is 1. The SMILES string of the molecule is O=C(c1cc(C(F)(F)F)cc(C(F)(F)F)c1)N1CCC(Oc2cnccn2)C1. The molecule has 1 fully saturated rings. The molecule has 0 spiro atoms. The fourth-order valence-electron chi connectivity index (χ4n) is 2.79. The lowest BCUT2D eigenvalue weighted by Crippen LogP contribution is -2.31.